The Kier molecular flexibility index (Phi) is 8.29. The molecule has 0 spiro atoms. The zero-order valence-electron chi connectivity index (χ0n) is 14.7. The van der Waals surface area contributed by atoms with Crippen LogP contribution >= 0.6 is 0 Å². The molecule has 2 aromatic carbocycles. The van der Waals surface area contributed by atoms with Gasteiger partial charge in [-0.25, -0.2) is 0 Å². The second-order valence-corrected chi connectivity index (χ2v) is 6.08. The van der Waals surface area contributed by atoms with Gasteiger partial charge in [0.15, 0.2) is 0 Å². The molecular formula is C25H22N2Pt. The second-order valence-electron chi connectivity index (χ2n) is 6.08. The zero-order chi connectivity index (χ0) is 17.6. The molecule has 3 heteroatoms. The first-order chi connectivity index (χ1) is 12.9. The number of hydrogen-bond donors (Lipinski definition) is 0. The molecule has 0 radical (unpaired) electrons. The van der Waals surface area contributed by atoms with Gasteiger partial charge in [0.2, 0.25) is 0 Å². The van der Waals surface area contributed by atoms with Crippen molar-refractivity contribution in [2.24, 2.45) is 0 Å². The summed E-state index contributed by atoms with van der Waals surface area (Å²) in [4.78, 5) is 9.55. The standard InChI is InChI=1S/C24H18N2.CH4.Pt/c1-3-9-19(10-4-1)23-15-7-13-21(25-23)17-18-22-14-8-16-24(26-22)20-11-5-2-6-12-20;;/h1-9,11,13-16H,17-18H2;1H4;/q-2;;+2. The predicted molar refractivity (Wildman–Crippen MR) is 111 cm³/mol. The Morgan fingerprint density at radius 3 is 1.43 bits per heavy atom. The van der Waals surface area contributed by atoms with Crippen molar-refractivity contribution < 1.29 is 21.1 Å². The summed E-state index contributed by atoms with van der Waals surface area (Å²) < 4.78 is 0. The summed E-state index contributed by atoms with van der Waals surface area (Å²) in [5.41, 5.74) is 6.10. The molecule has 4 aromatic rings. The number of nitrogens with zero attached hydrogens (tertiary/aromatic N) is 2. The number of rotatable bonds is 5. The minimum Gasteiger partial charge on any atom is -0.301 e. The third-order valence-corrected chi connectivity index (χ3v) is 4.22. The maximum atomic E-state index is 4.77. The number of pyridine rings is 2. The number of hydrogen-bond acceptors (Lipinski definition) is 2. The van der Waals surface area contributed by atoms with Gasteiger partial charge in [-0.3, -0.25) is 0 Å². The van der Waals surface area contributed by atoms with Gasteiger partial charge < -0.3 is 9.97 Å². The van der Waals surface area contributed by atoms with Crippen molar-refractivity contribution in [3.05, 3.63) is 108 Å². The van der Waals surface area contributed by atoms with E-state index in [-0.39, 0.29) is 28.5 Å². The minimum absolute atomic E-state index is 0. The van der Waals surface area contributed by atoms with Crippen LogP contribution in [0.2, 0.25) is 0 Å². The predicted octanol–water partition coefficient (Wildman–Crippen LogP) is 5.83. The molecule has 0 aliphatic rings. The Bertz CT molecular complexity index is 902. The van der Waals surface area contributed by atoms with Crippen LogP contribution in [0, 0.1) is 12.1 Å². The monoisotopic (exact) mass is 545 g/mol. The van der Waals surface area contributed by atoms with E-state index in [4.69, 9.17) is 9.97 Å². The van der Waals surface area contributed by atoms with Crippen LogP contribution in [0.5, 0.6) is 0 Å². The molecule has 2 heterocycles. The van der Waals surface area contributed by atoms with Gasteiger partial charge in [-0.1, -0.05) is 31.7 Å². The van der Waals surface area contributed by atoms with E-state index in [1.165, 1.54) is 0 Å². The van der Waals surface area contributed by atoms with Gasteiger partial charge in [0.25, 0.3) is 0 Å². The van der Waals surface area contributed by atoms with Crippen LogP contribution in [-0.2, 0) is 33.9 Å². The van der Waals surface area contributed by atoms with Gasteiger partial charge in [-0.05, 0) is 36.4 Å². The van der Waals surface area contributed by atoms with E-state index < -0.39 is 0 Å². The molecule has 0 aliphatic carbocycles. The first kappa shape index (κ1) is 21.7. The van der Waals surface area contributed by atoms with Crippen molar-refractivity contribution >= 4 is 0 Å². The van der Waals surface area contributed by atoms with Crippen molar-refractivity contribution in [2.45, 2.75) is 20.3 Å². The van der Waals surface area contributed by atoms with Crippen molar-refractivity contribution in [2.75, 3.05) is 0 Å². The fourth-order valence-electron chi connectivity index (χ4n) is 2.90. The van der Waals surface area contributed by atoms with Gasteiger partial charge >= 0.3 is 21.1 Å². The van der Waals surface area contributed by atoms with Crippen LogP contribution in [-0.4, -0.2) is 9.97 Å². The number of benzene rings is 2. The summed E-state index contributed by atoms with van der Waals surface area (Å²) in [6.07, 6.45) is 1.71. The SMILES string of the molecule is C.[Pt+2].[c-]1ccccc1-c1cccc(CCc2cccc(-c3[c-]cccc3)n2)n1. The summed E-state index contributed by atoms with van der Waals surface area (Å²) in [6, 6.07) is 34.6. The molecule has 2 aromatic heterocycles. The average Bonchev–Trinajstić information content (AvgIpc) is 2.74. The van der Waals surface area contributed by atoms with E-state index in [1.807, 2.05) is 60.7 Å². The third kappa shape index (κ3) is 5.47. The van der Waals surface area contributed by atoms with Crippen LogP contribution in [0.25, 0.3) is 22.5 Å². The summed E-state index contributed by atoms with van der Waals surface area (Å²) in [7, 11) is 0. The molecule has 2 nitrogen and oxygen atoms in total. The molecule has 0 bridgehead atoms. The molecule has 0 N–H and O–H groups in total. The molecule has 0 fully saturated rings. The smallest absolute Gasteiger partial charge is 0.301 e. The van der Waals surface area contributed by atoms with Crippen molar-refractivity contribution in [3.63, 3.8) is 0 Å². The van der Waals surface area contributed by atoms with E-state index in [0.717, 1.165) is 46.7 Å². The van der Waals surface area contributed by atoms with Gasteiger partial charge in [-0.15, -0.1) is 71.8 Å². The van der Waals surface area contributed by atoms with Crippen LogP contribution in [0.4, 0.5) is 0 Å². The van der Waals surface area contributed by atoms with E-state index in [9.17, 15) is 0 Å². The molecule has 0 aliphatic heterocycles. The number of aryl methyl sites for hydroxylation is 2. The molecule has 28 heavy (non-hydrogen) atoms. The maximum Gasteiger partial charge on any atom is 2.00 e. The maximum absolute atomic E-state index is 4.77. The fourth-order valence-corrected chi connectivity index (χ4v) is 2.90. The normalized spacial score (nSPS) is 9.86. The average molecular weight is 546 g/mol. The van der Waals surface area contributed by atoms with Crippen LogP contribution < -0.4 is 0 Å². The molecule has 0 saturated carbocycles. The van der Waals surface area contributed by atoms with E-state index in [1.54, 1.807) is 0 Å². The Labute approximate surface area is 182 Å². The summed E-state index contributed by atoms with van der Waals surface area (Å²) in [5, 5.41) is 0. The Balaban J connectivity index is 0.00000140. The zero-order valence-corrected chi connectivity index (χ0v) is 17.0. The van der Waals surface area contributed by atoms with Crippen molar-refractivity contribution in [3.8, 4) is 22.5 Å². The van der Waals surface area contributed by atoms with Crippen molar-refractivity contribution in [1.82, 2.24) is 9.97 Å². The Hall–Kier alpha value is -2.57. The second kappa shape index (κ2) is 10.7. The van der Waals surface area contributed by atoms with Crippen LogP contribution in [0.15, 0.2) is 84.9 Å². The van der Waals surface area contributed by atoms with E-state index >= 15 is 0 Å². The van der Waals surface area contributed by atoms with Crippen LogP contribution in [0.1, 0.15) is 18.8 Å². The first-order valence-corrected chi connectivity index (χ1v) is 8.74. The molecule has 4 rings (SSSR count). The molecule has 142 valence electrons. The Morgan fingerprint density at radius 2 is 1.04 bits per heavy atom. The molecule has 0 unspecified atom stereocenters. The third-order valence-electron chi connectivity index (χ3n) is 4.22. The summed E-state index contributed by atoms with van der Waals surface area (Å²) in [6.45, 7) is 0. The summed E-state index contributed by atoms with van der Waals surface area (Å²) in [5.74, 6) is 0. The number of aromatic nitrogens is 2. The van der Waals surface area contributed by atoms with E-state index in [0.29, 0.717) is 0 Å². The van der Waals surface area contributed by atoms with Crippen LogP contribution in [0.3, 0.4) is 0 Å². The van der Waals surface area contributed by atoms with Gasteiger partial charge in [0.1, 0.15) is 0 Å². The van der Waals surface area contributed by atoms with Gasteiger partial charge in [-0.2, -0.15) is 0 Å². The minimum atomic E-state index is 0. The molecule has 0 saturated heterocycles. The molecular weight excluding hydrogens is 523 g/mol. The van der Waals surface area contributed by atoms with Gasteiger partial charge in [0, 0.05) is 11.4 Å². The summed E-state index contributed by atoms with van der Waals surface area (Å²) >= 11 is 0. The van der Waals surface area contributed by atoms with Crippen molar-refractivity contribution in [1.29, 1.82) is 0 Å². The molecule has 0 atom stereocenters. The first-order valence-electron chi connectivity index (χ1n) is 8.74. The fraction of sp³-hybridized carbons (Fsp3) is 0.120. The Morgan fingerprint density at radius 1 is 0.571 bits per heavy atom. The quantitative estimate of drug-likeness (QED) is 0.295. The largest absolute Gasteiger partial charge is 2.00 e. The molecule has 0 amide bonds. The van der Waals surface area contributed by atoms with E-state index in [2.05, 4.69) is 36.4 Å². The van der Waals surface area contributed by atoms with Gasteiger partial charge in [0.05, 0.1) is 0 Å². The topological polar surface area (TPSA) is 25.8 Å².